The molecule has 0 unspecified atom stereocenters. The van der Waals surface area contributed by atoms with Crippen LogP contribution in [0.25, 0.3) is 22.4 Å². The number of nitrogens with zero attached hydrogens (tertiary/aromatic N) is 2. The molecular weight excluding hydrogens is 320 g/mol. The van der Waals surface area contributed by atoms with Crippen LogP contribution in [-0.2, 0) is 0 Å². The molecule has 0 fully saturated rings. The molecule has 0 saturated carbocycles. The smallest absolute Gasteiger partial charge is 0.322 e. The van der Waals surface area contributed by atoms with Crippen LogP contribution in [0.4, 0.5) is 6.01 Å². The molecule has 4 aromatic rings. The minimum absolute atomic E-state index is 0.0242. The highest BCUT2D eigenvalue weighted by Gasteiger charge is 2.17. The maximum atomic E-state index is 12.5. The van der Waals surface area contributed by atoms with Gasteiger partial charge in [-0.1, -0.05) is 35.4 Å². The second-order valence-electron chi connectivity index (χ2n) is 5.31. The zero-order valence-corrected chi connectivity index (χ0v) is 13.3. The molecule has 0 radical (unpaired) electrons. The Labute approximate surface area is 142 Å². The van der Waals surface area contributed by atoms with Crippen molar-refractivity contribution >= 4 is 22.8 Å². The average Bonchev–Trinajstić information content (AvgIpc) is 3.28. The van der Waals surface area contributed by atoms with Crippen LogP contribution in [-0.4, -0.2) is 28.2 Å². The van der Waals surface area contributed by atoms with E-state index >= 15 is 0 Å². The number of aromatic amines is 1. The molecule has 0 saturated heterocycles. The zero-order valence-electron chi connectivity index (χ0n) is 13.3. The first-order valence-corrected chi connectivity index (χ1v) is 7.60. The van der Waals surface area contributed by atoms with Gasteiger partial charge in [-0.2, -0.15) is 0 Å². The van der Waals surface area contributed by atoms with Gasteiger partial charge in [-0.15, -0.1) is 5.10 Å². The summed E-state index contributed by atoms with van der Waals surface area (Å²) in [6, 6.07) is 14.9. The normalized spacial score (nSPS) is 10.8. The minimum Gasteiger partial charge on any atom is -0.496 e. The van der Waals surface area contributed by atoms with Gasteiger partial charge in [0.15, 0.2) is 0 Å². The minimum atomic E-state index is -0.326. The third-order valence-corrected chi connectivity index (χ3v) is 3.82. The van der Waals surface area contributed by atoms with Crippen molar-refractivity contribution in [2.24, 2.45) is 0 Å². The van der Waals surface area contributed by atoms with Crippen LogP contribution in [0.5, 0.6) is 5.75 Å². The van der Waals surface area contributed by atoms with Crippen molar-refractivity contribution in [1.82, 2.24) is 15.2 Å². The first-order valence-electron chi connectivity index (χ1n) is 7.60. The third-order valence-electron chi connectivity index (χ3n) is 3.82. The molecule has 7 nitrogen and oxygen atoms in total. The molecule has 0 aliphatic rings. The highest BCUT2D eigenvalue weighted by Crippen LogP contribution is 2.29. The van der Waals surface area contributed by atoms with Gasteiger partial charge in [0.1, 0.15) is 5.75 Å². The van der Waals surface area contributed by atoms with Crippen molar-refractivity contribution in [1.29, 1.82) is 0 Å². The van der Waals surface area contributed by atoms with Gasteiger partial charge in [-0.3, -0.25) is 10.1 Å². The van der Waals surface area contributed by atoms with Crippen molar-refractivity contribution in [3.05, 3.63) is 60.3 Å². The molecule has 0 bridgehead atoms. The van der Waals surface area contributed by atoms with Gasteiger partial charge in [-0.05, 0) is 18.2 Å². The molecule has 124 valence electrons. The van der Waals surface area contributed by atoms with Gasteiger partial charge in [-0.25, -0.2) is 0 Å². The lowest BCUT2D eigenvalue weighted by Gasteiger charge is -2.03. The van der Waals surface area contributed by atoms with Gasteiger partial charge in [0.05, 0.1) is 18.2 Å². The summed E-state index contributed by atoms with van der Waals surface area (Å²) in [7, 11) is 1.56. The van der Waals surface area contributed by atoms with Gasteiger partial charge >= 0.3 is 6.01 Å². The maximum absolute atomic E-state index is 12.5. The number of benzene rings is 2. The van der Waals surface area contributed by atoms with Crippen LogP contribution in [0.1, 0.15) is 10.4 Å². The summed E-state index contributed by atoms with van der Waals surface area (Å²) in [6.45, 7) is 0. The van der Waals surface area contributed by atoms with Crippen LogP contribution in [0, 0.1) is 0 Å². The summed E-state index contributed by atoms with van der Waals surface area (Å²) >= 11 is 0. The number of fused-ring (bicyclic) bond motifs is 1. The van der Waals surface area contributed by atoms with Crippen LogP contribution in [0.15, 0.2) is 59.1 Å². The Balaban J connectivity index is 1.60. The van der Waals surface area contributed by atoms with E-state index in [1.54, 1.807) is 25.4 Å². The molecule has 2 aromatic carbocycles. The Morgan fingerprint density at radius 2 is 1.92 bits per heavy atom. The molecule has 1 amide bonds. The number of ether oxygens (including phenoxy) is 1. The Hall–Kier alpha value is -3.61. The molecule has 4 rings (SSSR count). The molecule has 2 N–H and O–H groups in total. The van der Waals surface area contributed by atoms with Gasteiger partial charge in [0, 0.05) is 17.1 Å². The van der Waals surface area contributed by atoms with Gasteiger partial charge in [0.25, 0.3) is 11.8 Å². The predicted octanol–water partition coefficient (Wildman–Crippen LogP) is 3.48. The summed E-state index contributed by atoms with van der Waals surface area (Å²) in [5.74, 6) is 0.556. The maximum Gasteiger partial charge on any atom is 0.322 e. The molecule has 2 heterocycles. The highest BCUT2D eigenvalue weighted by atomic mass is 16.5. The van der Waals surface area contributed by atoms with Crippen LogP contribution >= 0.6 is 0 Å². The van der Waals surface area contributed by atoms with E-state index in [9.17, 15) is 4.79 Å². The largest absolute Gasteiger partial charge is 0.496 e. The Bertz CT molecular complexity index is 1050. The average molecular weight is 334 g/mol. The van der Waals surface area contributed by atoms with E-state index in [4.69, 9.17) is 9.15 Å². The summed E-state index contributed by atoms with van der Waals surface area (Å²) in [6.07, 6.45) is 1.65. The first kappa shape index (κ1) is 14.9. The number of carbonyl (C=O) groups is 1. The predicted molar refractivity (Wildman–Crippen MR) is 92.5 cm³/mol. The van der Waals surface area contributed by atoms with Crippen LogP contribution < -0.4 is 10.1 Å². The standard InChI is InChI=1S/C18H14N4O3/c1-24-15-9-5-3-7-12(15)17-21-22-18(25-17)20-16(23)13-10-19-14-8-4-2-6-11(13)14/h2-10,19H,1H3,(H,20,22,23). The highest BCUT2D eigenvalue weighted by molar-refractivity contribution is 6.12. The summed E-state index contributed by atoms with van der Waals surface area (Å²) in [5.41, 5.74) is 2.05. The zero-order chi connectivity index (χ0) is 17.2. The van der Waals surface area contributed by atoms with E-state index in [-0.39, 0.29) is 17.8 Å². The Kier molecular flexibility index (Phi) is 3.66. The number of rotatable bonds is 4. The summed E-state index contributed by atoms with van der Waals surface area (Å²) < 4.78 is 10.8. The number of H-pyrrole nitrogens is 1. The van der Waals surface area contributed by atoms with E-state index in [1.807, 2.05) is 36.4 Å². The first-order chi connectivity index (χ1) is 12.3. The number of hydrogen-bond donors (Lipinski definition) is 2. The Morgan fingerprint density at radius 1 is 1.12 bits per heavy atom. The number of aromatic nitrogens is 3. The van der Waals surface area contributed by atoms with Crippen molar-refractivity contribution in [3.63, 3.8) is 0 Å². The number of para-hydroxylation sites is 2. The fraction of sp³-hybridized carbons (Fsp3) is 0.0556. The summed E-state index contributed by atoms with van der Waals surface area (Å²) in [4.78, 5) is 15.5. The fourth-order valence-corrected chi connectivity index (χ4v) is 2.63. The van der Waals surface area contributed by atoms with E-state index in [0.717, 1.165) is 10.9 Å². The lowest BCUT2D eigenvalue weighted by atomic mass is 10.2. The molecule has 0 atom stereocenters. The number of methoxy groups -OCH3 is 1. The molecule has 25 heavy (non-hydrogen) atoms. The lowest BCUT2D eigenvalue weighted by Crippen LogP contribution is -2.11. The second-order valence-corrected chi connectivity index (χ2v) is 5.31. The van der Waals surface area contributed by atoms with E-state index < -0.39 is 0 Å². The number of anilines is 1. The monoisotopic (exact) mass is 334 g/mol. The lowest BCUT2D eigenvalue weighted by molar-refractivity contribution is 0.102. The molecule has 0 aliphatic carbocycles. The molecule has 0 aliphatic heterocycles. The van der Waals surface area contributed by atoms with Gasteiger partial charge < -0.3 is 14.1 Å². The quantitative estimate of drug-likeness (QED) is 0.596. The van der Waals surface area contributed by atoms with E-state index in [2.05, 4.69) is 20.5 Å². The van der Waals surface area contributed by atoms with Crippen molar-refractivity contribution in [2.75, 3.05) is 12.4 Å². The van der Waals surface area contributed by atoms with Crippen LogP contribution in [0.3, 0.4) is 0 Å². The third kappa shape index (κ3) is 2.72. The number of amides is 1. The van der Waals surface area contributed by atoms with E-state index in [1.165, 1.54) is 0 Å². The Morgan fingerprint density at radius 3 is 2.80 bits per heavy atom. The number of hydrogen-bond acceptors (Lipinski definition) is 5. The van der Waals surface area contributed by atoms with E-state index in [0.29, 0.717) is 16.9 Å². The number of carbonyl (C=O) groups excluding carboxylic acids is 1. The SMILES string of the molecule is COc1ccccc1-c1nnc(NC(=O)c2c[nH]c3ccccc23)o1. The topological polar surface area (TPSA) is 93.0 Å². The number of nitrogens with one attached hydrogen (secondary N) is 2. The molecule has 0 spiro atoms. The fourth-order valence-electron chi connectivity index (χ4n) is 2.63. The van der Waals surface area contributed by atoms with Crippen molar-refractivity contribution in [3.8, 4) is 17.2 Å². The molecule has 7 heteroatoms. The summed E-state index contributed by atoms with van der Waals surface area (Å²) in [5, 5.41) is 11.3. The molecule has 2 aromatic heterocycles. The van der Waals surface area contributed by atoms with Crippen LogP contribution in [0.2, 0.25) is 0 Å². The van der Waals surface area contributed by atoms with Gasteiger partial charge in [0.2, 0.25) is 0 Å². The van der Waals surface area contributed by atoms with Crippen molar-refractivity contribution < 1.29 is 13.9 Å². The van der Waals surface area contributed by atoms with Crippen molar-refractivity contribution in [2.45, 2.75) is 0 Å². The second kappa shape index (κ2) is 6.12. The molecular formula is C18H14N4O3.